The van der Waals surface area contributed by atoms with Crippen molar-refractivity contribution >= 4 is 29.3 Å². The number of benzene rings is 1. The van der Waals surface area contributed by atoms with E-state index in [1.165, 1.54) is 29.7 Å². The van der Waals surface area contributed by atoms with Crippen molar-refractivity contribution in [1.82, 2.24) is 5.32 Å². The maximum atomic E-state index is 13.3. The molecular formula is C20H24ClNOS. The number of carbonyl (C=O) groups is 1. The number of rotatable bonds is 2. The van der Waals surface area contributed by atoms with Crippen LogP contribution in [0, 0.1) is 23.2 Å². The average molecular weight is 362 g/mol. The summed E-state index contributed by atoms with van der Waals surface area (Å²) < 4.78 is 0. The Kier molecular flexibility index (Phi) is 3.68. The molecule has 0 aromatic heterocycles. The number of amides is 1. The van der Waals surface area contributed by atoms with E-state index in [1.54, 1.807) is 0 Å². The van der Waals surface area contributed by atoms with Gasteiger partial charge in [-0.3, -0.25) is 4.79 Å². The molecule has 24 heavy (non-hydrogen) atoms. The summed E-state index contributed by atoms with van der Waals surface area (Å²) in [4.78, 5) is 14.6. The normalized spacial score (nSPS) is 39.5. The van der Waals surface area contributed by atoms with Gasteiger partial charge in [-0.1, -0.05) is 11.6 Å². The predicted molar refractivity (Wildman–Crippen MR) is 98.3 cm³/mol. The topological polar surface area (TPSA) is 29.1 Å². The van der Waals surface area contributed by atoms with Gasteiger partial charge in [0.1, 0.15) is 0 Å². The lowest BCUT2D eigenvalue weighted by Gasteiger charge is -2.56. The molecule has 0 radical (unpaired) electrons. The Morgan fingerprint density at radius 1 is 1.12 bits per heavy atom. The Labute approximate surface area is 153 Å². The zero-order valence-corrected chi connectivity index (χ0v) is 15.5. The molecule has 1 amide bonds. The maximum Gasteiger partial charge on any atom is 0.226 e. The number of nitrogens with one attached hydrogen (secondary N) is 1. The highest BCUT2D eigenvalue weighted by Gasteiger charge is 2.54. The lowest BCUT2D eigenvalue weighted by Crippen LogP contribution is -2.54. The van der Waals surface area contributed by atoms with E-state index in [-0.39, 0.29) is 11.5 Å². The summed E-state index contributed by atoms with van der Waals surface area (Å²) in [6.07, 6.45) is 8.55. The van der Waals surface area contributed by atoms with E-state index in [0.29, 0.717) is 5.91 Å². The first kappa shape index (κ1) is 15.6. The predicted octanol–water partition coefficient (Wildman–Crippen LogP) is 5.21. The first-order valence-electron chi connectivity index (χ1n) is 9.34. The monoisotopic (exact) mass is 361 g/mol. The van der Waals surface area contributed by atoms with Crippen LogP contribution in [0.15, 0.2) is 23.1 Å². The van der Waals surface area contributed by atoms with Crippen molar-refractivity contribution in [3.8, 4) is 0 Å². The minimum absolute atomic E-state index is 0.0575. The molecule has 1 unspecified atom stereocenters. The molecule has 1 N–H and O–H groups in total. The number of carbonyl (C=O) groups excluding carboxylic acids is 1. The van der Waals surface area contributed by atoms with Gasteiger partial charge in [0.05, 0.1) is 6.04 Å². The molecule has 4 saturated carbocycles. The number of fused-ring (bicyclic) bond motifs is 1. The molecule has 128 valence electrons. The smallest absolute Gasteiger partial charge is 0.226 e. The van der Waals surface area contributed by atoms with Gasteiger partial charge in [-0.25, -0.2) is 0 Å². The van der Waals surface area contributed by atoms with E-state index in [1.807, 2.05) is 23.9 Å². The molecule has 4 fully saturated rings. The van der Waals surface area contributed by atoms with Gasteiger partial charge in [0, 0.05) is 21.1 Å². The number of hydrogen-bond acceptors (Lipinski definition) is 2. The molecule has 1 aromatic carbocycles. The third-order valence-corrected chi connectivity index (χ3v) is 8.19. The highest BCUT2D eigenvalue weighted by Crippen LogP contribution is 2.60. The summed E-state index contributed by atoms with van der Waals surface area (Å²) in [6, 6.07) is 6.25. The van der Waals surface area contributed by atoms with Crippen LogP contribution in [0.25, 0.3) is 0 Å². The summed E-state index contributed by atoms with van der Waals surface area (Å²) in [5, 5.41) is 4.22. The first-order valence-corrected chi connectivity index (χ1v) is 10.7. The molecule has 1 aromatic rings. The third-order valence-electron chi connectivity index (χ3n) is 6.84. The molecule has 4 aliphatic carbocycles. The van der Waals surface area contributed by atoms with Crippen molar-refractivity contribution in [2.75, 3.05) is 5.75 Å². The van der Waals surface area contributed by atoms with Crippen molar-refractivity contribution < 1.29 is 4.79 Å². The highest BCUT2D eigenvalue weighted by molar-refractivity contribution is 7.99. The lowest BCUT2D eigenvalue weighted by molar-refractivity contribution is -0.147. The van der Waals surface area contributed by atoms with E-state index in [2.05, 4.69) is 11.4 Å². The minimum Gasteiger partial charge on any atom is -0.349 e. The summed E-state index contributed by atoms with van der Waals surface area (Å²) in [7, 11) is 0. The van der Waals surface area contributed by atoms with Crippen LogP contribution < -0.4 is 5.32 Å². The molecule has 5 aliphatic rings. The van der Waals surface area contributed by atoms with Gasteiger partial charge in [-0.05, 0) is 86.5 Å². The Morgan fingerprint density at radius 3 is 2.46 bits per heavy atom. The van der Waals surface area contributed by atoms with Crippen LogP contribution in [0.2, 0.25) is 5.02 Å². The van der Waals surface area contributed by atoms with E-state index in [0.717, 1.165) is 54.2 Å². The molecule has 0 saturated heterocycles. The Bertz CT molecular complexity index is 653. The second-order valence-corrected chi connectivity index (χ2v) is 10.1. The van der Waals surface area contributed by atoms with Crippen molar-refractivity contribution in [2.24, 2.45) is 23.2 Å². The van der Waals surface area contributed by atoms with Crippen LogP contribution in [0.4, 0.5) is 0 Å². The first-order chi connectivity index (χ1) is 11.6. The van der Waals surface area contributed by atoms with Crippen LogP contribution in [0.5, 0.6) is 0 Å². The van der Waals surface area contributed by atoms with Crippen LogP contribution in [0.1, 0.15) is 56.6 Å². The average Bonchev–Trinajstić information content (AvgIpc) is 2.54. The van der Waals surface area contributed by atoms with E-state index >= 15 is 0 Å². The summed E-state index contributed by atoms with van der Waals surface area (Å²) in [5.74, 6) is 3.84. The Morgan fingerprint density at radius 2 is 1.79 bits per heavy atom. The fraction of sp³-hybridized carbons (Fsp3) is 0.650. The molecule has 0 spiro atoms. The van der Waals surface area contributed by atoms with Crippen molar-refractivity contribution in [2.45, 2.75) is 55.9 Å². The molecule has 1 heterocycles. The van der Waals surface area contributed by atoms with E-state index < -0.39 is 0 Å². The van der Waals surface area contributed by atoms with Gasteiger partial charge >= 0.3 is 0 Å². The molecule has 1 aliphatic heterocycles. The molecule has 2 nitrogen and oxygen atoms in total. The number of hydrogen-bond donors (Lipinski definition) is 1. The summed E-state index contributed by atoms with van der Waals surface area (Å²) in [5.41, 5.74) is 1.16. The lowest BCUT2D eigenvalue weighted by atomic mass is 9.49. The van der Waals surface area contributed by atoms with Gasteiger partial charge in [-0.2, -0.15) is 0 Å². The van der Waals surface area contributed by atoms with Gasteiger partial charge in [0.15, 0.2) is 0 Å². The summed E-state index contributed by atoms with van der Waals surface area (Å²) in [6.45, 7) is 0. The van der Waals surface area contributed by atoms with Crippen molar-refractivity contribution in [3.63, 3.8) is 0 Å². The van der Waals surface area contributed by atoms with Gasteiger partial charge in [0.25, 0.3) is 0 Å². The van der Waals surface area contributed by atoms with E-state index in [4.69, 9.17) is 11.6 Å². The van der Waals surface area contributed by atoms with Gasteiger partial charge in [-0.15, -0.1) is 11.8 Å². The second-order valence-electron chi connectivity index (χ2n) is 8.54. The highest BCUT2D eigenvalue weighted by atomic mass is 35.5. The third kappa shape index (κ3) is 2.50. The molecule has 6 rings (SSSR count). The van der Waals surface area contributed by atoms with Crippen molar-refractivity contribution in [3.05, 3.63) is 28.8 Å². The van der Waals surface area contributed by atoms with Crippen LogP contribution in [-0.4, -0.2) is 11.7 Å². The molecule has 4 bridgehead atoms. The fourth-order valence-electron chi connectivity index (χ4n) is 6.22. The van der Waals surface area contributed by atoms with Crippen molar-refractivity contribution in [1.29, 1.82) is 0 Å². The number of halogens is 1. The minimum atomic E-state index is -0.0575. The number of thioether (sulfide) groups is 1. The molecule has 4 heteroatoms. The zero-order valence-electron chi connectivity index (χ0n) is 13.9. The van der Waals surface area contributed by atoms with Gasteiger partial charge in [0.2, 0.25) is 5.91 Å². The molecular weight excluding hydrogens is 338 g/mol. The van der Waals surface area contributed by atoms with Crippen LogP contribution >= 0.6 is 23.4 Å². The zero-order chi connectivity index (χ0) is 16.3. The Hall–Kier alpha value is -0.670. The molecule has 1 atom stereocenters. The summed E-state index contributed by atoms with van der Waals surface area (Å²) >= 11 is 8.09. The Balaban J connectivity index is 1.39. The quantitative estimate of drug-likeness (QED) is 0.783. The second kappa shape index (κ2) is 5.67. The largest absolute Gasteiger partial charge is 0.349 e. The SMILES string of the molecule is O=C(NC1CCSc2ccc(Cl)cc21)C12CC3CC(CC(C3)C1)C2. The fourth-order valence-corrected chi connectivity index (χ4v) is 7.50. The van der Waals surface area contributed by atoms with Crippen LogP contribution in [-0.2, 0) is 4.79 Å². The van der Waals surface area contributed by atoms with Crippen LogP contribution in [0.3, 0.4) is 0 Å². The van der Waals surface area contributed by atoms with Gasteiger partial charge < -0.3 is 5.32 Å². The standard InChI is InChI=1S/C20H24ClNOS/c21-15-1-2-18-16(8-15)17(3-4-24-18)22-19(23)20-9-12-5-13(10-20)7-14(6-12)11-20/h1-2,8,12-14,17H,3-7,9-11H2,(H,22,23). The maximum absolute atomic E-state index is 13.3. The van der Waals surface area contributed by atoms with E-state index in [9.17, 15) is 4.79 Å².